The molecule has 8 nitrogen and oxygen atoms in total. The van der Waals surface area contributed by atoms with E-state index in [-0.39, 0.29) is 11.5 Å². The molecular weight excluding hydrogens is 414 g/mol. The fourth-order valence-electron chi connectivity index (χ4n) is 3.11. The second kappa shape index (κ2) is 9.05. The molecule has 0 spiro atoms. The van der Waals surface area contributed by atoms with Crippen LogP contribution in [-0.4, -0.2) is 38.0 Å². The van der Waals surface area contributed by atoms with Gasteiger partial charge in [-0.15, -0.1) is 0 Å². The van der Waals surface area contributed by atoms with Crippen LogP contribution in [0.25, 0.3) is 16.7 Å². The molecule has 0 bridgehead atoms. The Morgan fingerprint density at radius 2 is 1.94 bits per heavy atom. The van der Waals surface area contributed by atoms with Gasteiger partial charge in [0.2, 0.25) is 5.91 Å². The van der Waals surface area contributed by atoms with Crippen LogP contribution >= 0.6 is 11.8 Å². The van der Waals surface area contributed by atoms with Gasteiger partial charge in [0.1, 0.15) is 11.1 Å². The number of nitrogens with zero attached hydrogens (tertiary/aromatic N) is 3. The highest BCUT2D eigenvalue weighted by atomic mass is 32.2. The molecule has 0 radical (unpaired) electrons. The number of amides is 1. The van der Waals surface area contributed by atoms with Gasteiger partial charge in [-0.3, -0.25) is 9.59 Å². The van der Waals surface area contributed by atoms with E-state index in [1.807, 2.05) is 54.6 Å². The normalized spacial score (nSPS) is 11.9. The highest BCUT2D eigenvalue weighted by Gasteiger charge is 2.18. The topological polar surface area (TPSA) is 102 Å². The molecule has 158 valence electrons. The van der Waals surface area contributed by atoms with Crippen molar-refractivity contribution in [2.24, 2.45) is 0 Å². The Bertz CT molecular complexity index is 1270. The van der Waals surface area contributed by atoms with Crippen LogP contribution in [0.4, 0.5) is 0 Å². The number of aromatic nitrogens is 4. The number of thioether (sulfide) groups is 1. The van der Waals surface area contributed by atoms with E-state index in [1.165, 1.54) is 18.0 Å². The number of hydrogen-bond acceptors (Lipinski definition) is 6. The number of hydrogen-bond donors (Lipinski definition) is 2. The van der Waals surface area contributed by atoms with E-state index in [2.05, 4.69) is 20.4 Å². The first-order chi connectivity index (χ1) is 15.1. The van der Waals surface area contributed by atoms with Gasteiger partial charge >= 0.3 is 0 Å². The summed E-state index contributed by atoms with van der Waals surface area (Å²) in [4.78, 5) is 32.4. The Morgan fingerprint density at radius 3 is 2.71 bits per heavy atom. The average Bonchev–Trinajstić information content (AvgIpc) is 3.22. The first-order valence-corrected chi connectivity index (χ1v) is 10.5. The molecule has 0 aliphatic carbocycles. The van der Waals surface area contributed by atoms with Crippen LogP contribution in [0.5, 0.6) is 5.75 Å². The van der Waals surface area contributed by atoms with Gasteiger partial charge in [0.25, 0.3) is 5.56 Å². The van der Waals surface area contributed by atoms with E-state index in [4.69, 9.17) is 4.74 Å². The first kappa shape index (κ1) is 20.7. The molecule has 2 heterocycles. The van der Waals surface area contributed by atoms with E-state index in [0.717, 1.165) is 11.3 Å². The number of carbonyl (C=O) groups excluding carboxylic acids is 1. The summed E-state index contributed by atoms with van der Waals surface area (Å²) in [7, 11) is 1.59. The third-order valence-corrected chi connectivity index (χ3v) is 5.70. The summed E-state index contributed by atoms with van der Waals surface area (Å²) in [5.74, 6) is 0.545. The zero-order valence-electron chi connectivity index (χ0n) is 17.0. The Morgan fingerprint density at radius 1 is 1.19 bits per heavy atom. The third-order valence-electron chi connectivity index (χ3n) is 4.72. The van der Waals surface area contributed by atoms with E-state index < -0.39 is 5.25 Å². The molecule has 31 heavy (non-hydrogen) atoms. The van der Waals surface area contributed by atoms with Crippen molar-refractivity contribution in [3.63, 3.8) is 0 Å². The zero-order chi connectivity index (χ0) is 21.8. The molecular formula is C22H21N5O3S. The van der Waals surface area contributed by atoms with Crippen molar-refractivity contribution in [3.05, 3.63) is 76.7 Å². The zero-order valence-corrected chi connectivity index (χ0v) is 17.8. The van der Waals surface area contributed by atoms with Gasteiger partial charge in [-0.25, -0.2) is 9.67 Å². The van der Waals surface area contributed by atoms with Gasteiger partial charge in [0, 0.05) is 12.1 Å². The van der Waals surface area contributed by atoms with Gasteiger partial charge < -0.3 is 15.0 Å². The van der Waals surface area contributed by atoms with Crippen molar-refractivity contribution in [1.29, 1.82) is 0 Å². The maximum absolute atomic E-state index is 12.6. The van der Waals surface area contributed by atoms with E-state index in [1.54, 1.807) is 18.7 Å². The van der Waals surface area contributed by atoms with E-state index in [9.17, 15) is 9.59 Å². The molecule has 0 saturated carbocycles. The van der Waals surface area contributed by atoms with E-state index >= 15 is 0 Å². The molecule has 1 atom stereocenters. The summed E-state index contributed by atoms with van der Waals surface area (Å²) in [6, 6.07) is 17.0. The van der Waals surface area contributed by atoms with Crippen molar-refractivity contribution < 1.29 is 9.53 Å². The van der Waals surface area contributed by atoms with Gasteiger partial charge in [-0.1, -0.05) is 48.2 Å². The molecule has 0 fully saturated rings. The molecule has 4 rings (SSSR count). The minimum absolute atomic E-state index is 0.171. The summed E-state index contributed by atoms with van der Waals surface area (Å²) in [6.07, 6.45) is 1.49. The summed E-state index contributed by atoms with van der Waals surface area (Å²) >= 11 is 1.18. The Balaban J connectivity index is 1.51. The molecule has 2 aromatic carbocycles. The molecule has 2 aromatic heterocycles. The highest BCUT2D eigenvalue weighted by molar-refractivity contribution is 8.00. The molecule has 0 saturated heterocycles. The SMILES string of the molecule is COc1ccccc1CNC(=O)C(C)Sc1nc2c(cnn2-c2ccccc2)c(=O)[nH]1. The van der Waals surface area contributed by atoms with Gasteiger partial charge in [-0.05, 0) is 25.1 Å². The lowest BCUT2D eigenvalue weighted by molar-refractivity contribution is -0.120. The predicted molar refractivity (Wildman–Crippen MR) is 120 cm³/mol. The van der Waals surface area contributed by atoms with Crippen LogP contribution in [0.3, 0.4) is 0 Å². The predicted octanol–water partition coefficient (Wildman–Crippen LogP) is 2.91. The summed E-state index contributed by atoms with van der Waals surface area (Å²) in [6.45, 7) is 2.11. The standard InChI is InChI=1S/C22H21N5O3S/c1-14(20(28)23-12-15-8-6-7-11-18(15)30-2)31-22-25-19-17(21(29)26-22)13-24-27(19)16-9-4-3-5-10-16/h3-11,13-14H,12H2,1-2H3,(H,23,28)(H,25,26,29). The molecule has 1 unspecified atom stereocenters. The number of methoxy groups -OCH3 is 1. The lowest BCUT2D eigenvalue weighted by Gasteiger charge is -2.13. The van der Waals surface area contributed by atoms with Crippen LogP contribution in [0.15, 0.2) is 70.7 Å². The number of ether oxygens (including phenoxy) is 1. The lowest BCUT2D eigenvalue weighted by Crippen LogP contribution is -2.30. The number of carbonyl (C=O) groups is 1. The molecule has 0 aliphatic heterocycles. The van der Waals surface area contributed by atoms with Crippen molar-refractivity contribution in [2.45, 2.75) is 23.9 Å². The van der Waals surface area contributed by atoms with Gasteiger partial charge in [0.05, 0.1) is 24.2 Å². The highest BCUT2D eigenvalue weighted by Crippen LogP contribution is 2.22. The monoisotopic (exact) mass is 435 g/mol. The average molecular weight is 436 g/mol. The minimum atomic E-state index is -0.469. The quantitative estimate of drug-likeness (QED) is 0.342. The number of nitrogens with one attached hydrogen (secondary N) is 2. The summed E-state index contributed by atoms with van der Waals surface area (Å²) in [5.41, 5.74) is 1.83. The maximum atomic E-state index is 12.6. The van der Waals surface area contributed by atoms with Gasteiger partial charge in [0.15, 0.2) is 10.8 Å². The fourth-order valence-corrected chi connectivity index (χ4v) is 3.92. The van der Waals surface area contributed by atoms with Crippen LogP contribution in [0.2, 0.25) is 0 Å². The summed E-state index contributed by atoms with van der Waals surface area (Å²) in [5, 5.41) is 7.47. The maximum Gasteiger partial charge on any atom is 0.262 e. The Kier molecular flexibility index (Phi) is 6.03. The second-order valence-electron chi connectivity index (χ2n) is 6.79. The number of rotatable bonds is 7. The number of H-pyrrole nitrogens is 1. The van der Waals surface area contributed by atoms with Crippen molar-refractivity contribution in [1.82, 2.24) is 25.1 Å². The molecule has 0 aliphatic rings. The minimum Gasteiger partial charge on any atom is -0.496 e. The second-order valence-corrected chi connectivity index (χ2v) is 8.12. The van der Waals surface area contributed by atoms with Crippen molar-refractivity contribution >= 4 is 28.7 Å². The smallest absolute Gasteiger partial charge is 0.262 e. The Labute approximate surface area is 182 Å². The molecule has 4 aromatic rings. The van der Waals surface area contributed by atoms with Gasteiger partial charge in [-0.2, -0.15) is 5.10 Å². The number of benzene rings is 2. The number of aromatic amines is 1. The largest absolute Gasteiger partial charge is 0.496 e. The van der Waals surface area contributed by atoms with Crippen molar-refractivity contribution in [2.75, 3.05) is 7.11 Å². The Hall–Kier alpha value is -3.59. The third kappa shape index (κ3) is 4.46. The van der Waals surface area contributed by atoms with Crippen molar-refractivity contribution in [3.8, 4) is 11.4 Å². The first-order valence-electron chi connectivity index (χ1n) is 9.66. The lowest BCUT2D eigenvalue weighted by atomic mass is 10.2. The molecule has 2 N–H and O–H groups in total. The van der Waals surface area contributed by atoms with Crippen LogP contribution in [-0.2, 0) is 11.3 Å². The van der Waals surface area contributed by atoms with Crippen LogP contribution in [0.1, 0.15) is 12.5 Å². The molecule has 1 amide bonds. The van der Waals surface area contributed by atoms with E-state index in [0.29, 0.717) is 28.5 Å². The summed E-state index contributed by atoms with van der Waals surface area (Å²) < 4.78 is 6.93. The fraction of sp³-hybridized carbons (Fsp3) is 0.182. The number of para-hydroxylation sites is 2. The van der Waals surface area contributed by atoms with Crippen LogP contribution < -0.4 is 15.6 Å². The number of fused-ring (bicyclic) bond motifs is 1. The van der Waals surface area contributed by atoms with Crippen LogP contribution in [0, 0.1) is 0 Å². The molecule has 9 heteroatoms.